The molecule has 2 aromatic rings. The van der Waals surface area contributed by atoms with Crippen molar-refractivity contribution in [3.63, 3.8) is 0 Å². The zero-order chi connectivity index (χ0) is 13.8. The van der Waals surface area contributed by atoms with Gasteiger partial charge in [-0.1, -0.05) is 6.07 Å². The Morgan fingerprint density at radius 1 is 1.05 bits per heavy atom. The van der Waals surface area contributed by atoms with Gasteiger partial charge in [-0.05, 0) is 45.0 Å². The van der Waals surface area contributed by atoms with Crippen LogP contribution in [0.3, 0.4) is 0 Å². The Bertz CT molecular complexity index is 566. The fourth-order valence-electron chi connectivity index (χ4n) is 2.03. The molecule has 0 fully saturated rings. The molecule has 0 saturated heterocycles. The maximum Gasteiger partial charge on any atom is 0.152 e. The number of anilines is 2. The summed E-state index contributed by atoms with van der Waals surface area (Å²) < 4.78 is 0. The van der Waals surface area contributed by atoms with E-state index in [2.05, 4.69) is 21.8 Å². The third kappa shape index (κ3) is 3.22. The van der Waals surface area contributed by atoms with Gasteiger partial charge in [0.15, 0.2) is 5.82 Å². The molecule has 2 heterocycles. The topological polar surface area (TPSA) is 55.0 Å². The Hall–Kier alpha value is -2.10. The second kappa shape index (κ2) is 5.69. The van der Waals surface area contributed by atoms with Crippen LogP contribution in [0.25, 0.3) is 0 Å². The van der Waals surface area contributed by atoms with E-state index in [0.29, 0.717) is 5.69 Å². The van der Waals surface area contributed by atoms with Crippen molar-refractivity contribution in [1.82, 2.24) is 9.97 Å². The first-order valence-electron chi connectivity index (χ1n) is 6.50. The summed E-state index contributed by atoms with van der Waals surface area (Å²) in [4.78, 5) is 11.2. The molecule has 0 aliphatic carbocycles. The van der Waals surface area contributed by atoms with E-state index in [1.54, 1.807) is 0 Å². The van der Waals surface area contributed by atoms with Crippen molar-refractivity contribution in [1.29, 1.82) is 0 Å². The van der Waals surface area contributed by atoms with Crippen molar-refractivity contribution < 1.29 is 0 Å². The summed E-state index contributed by atoms with van der Waals surface area (Å²) in [5.74, 6) is 0.839. The third-order valence-corrected chi connectivity index (χ3v) is 3.02. The Balaban J connectivity index is 2.27. The summed E-state index contributed by atoms with van der Waals surface area (Å²) in [7, 11) is 0. The molecular weight excluding hydrogens is 236 g/mol. The number of nitrogen functional groups attached to an aromatic ring is 1. The molecule has 0 unspecified atom stereocenters. The molecule has 0 spiro atoms. The summed E-state index contributed by atoms with van der Waals surface area (Å²) in [6.45, 7) is 7.63. The first-order valence-corrected chi connectivity index (χ1v) is 6.50. The highest BCUT2D eigenvalue weighted by Gasteiger charge is 2.11. The molecular formula is C15H20N4. The zero-order valence-electron chi connectivity index (χ0n) is 11.7. The largest absolute Gasteiger partial charge is 0.396 e. The van der Waals surface area contributed by atoms with E-state index in [0.717, 1.165) is 36.0 Å². The van der Waals surface area contributed by atoms with Gasteiger partial charge in [0, 0.05) is 17.9 Å². The minimum atomic E-state index is 0.708. The van der Waals surface area contributed by atoms with Crippen LogP contribution in [0.1, 0.15) is 24.0 Å². The van der Waals surface area contributed by atoms with Crippen molar-refractivity contribution in [2.75, 3.05) is 17.2 Å². The van der Waals surface area contributed by atoms with Crippen LogP contribution >= 0.6 is 0 Å². The maximum atomic E-state index is 6.02. The van der Waals surface area contributed by atoms with Crippen LogP contribution in [-0.2, 0) is 6.54 Å². The lowest BCUT2D eigenvalue weighted by Crippen LogP contribution is -2.25. The highest BCUT2D eigenvalue weighted by molar-refractivity contribution is 5.62. The molecule has 2 N–H and O–H groups in total. The average Bonchev–Trinajstić information content (AvgIpc) is 2.39. The minimum absolute atomic E-state index is 0.708. The van der Waals surface area contributed by atoms with Gasteiger partial charge in [-0.25, -0.2) is 4.98 Å². The first kappa shape index (κ1) is 13.3. The standard InChI is InChI=1S/C15H20N4/c1-4-19(10-13-7-5-6-11(2)17-13)15-14(16)9-8-12(3)18-15/h5-9H,4,10,16H2,1-3H3. The van der Waals surface area contributed by atoms with Crippen LogP contribution in [0, 0.1) is 13.8 Å². The number of nitrogens with two attached hydrogens (primary N) is 1. The lowest BCUT2D eigenvalue weighted by Gasteiger charge is -2.23. The molecule has 0 bridgehead atoms. The highest BCUT2D eigenvalue weighted by Crippen LogP contribution is 2.22. The number of rotatable bonds is 4. The van der Waals surface area contributed by atoms with Crippen LogP contribution in [0.5, 0.6) is 0 Å². The van der Waals surface area contributed by atoms with Gasteiger partial charge in [0.1, 0.15) is 0 Å². The smallest absolute Gasteiger partial charge is 0.152 e. The summed E-state index contributed by atoms with van der Waals surface area (Å²) in [5, 5.41) is 0. The van der Waals surface area contributed by atoms with Gasteiger partial charge in [-0.3, -0.25) is 4.98 Å². The summed E-state index contributed by atoms with van der Waals surface area (Å²) in [6.07, 6.45) is 0. The van der Waals surface area contributed by atoms with E-state index >= 15 is 0 Å². The van der Waals surface area contributed by atoms with E-state index < -0.39 is 0 Å². The molecule has 0 aliphatic heterocycles. The summed E-state index contributed by atoms with van der Waals surface area (Å²) in [5.41, 5.74) is 9.76. The van der Waals surface area contributed by atoms with Crippen LogP contribution in [0.15, 0.2) is 30.3 Å². The van der Waals surface area contributed by atoms with Gasteiger partial charge in [0.2, 0.25) is 0 Å². The quantitative estimate of drug-likeness (QED) is 0.913. The zero-order valence-corrected chi connectivity index (χ0v) is 11.7. The van der Waals surface area contributed by atoms with Crippen LogP contribution in [-0.4, -0.2) is 16.5 Å². The second-order valence-electron chi connectivity index (χ2n) is 4.65. The molecule has 0 amide bonds. The van der Waals surface area contributed by atoms with Crippen molar-refractivity contribution in [2.24, 2.45) is 0 Å². The van der Waals surface area contributed by atoms with Crippen LogP contribution in [0.2, 0.25) is 0 Å². The van der Waals surface area contributed by atoms with Crippen molar-refractivity contribution in [2.45, 2.75) is 27.3 Å². The maximum absolute atomic E-state index is 6.02. The fourth-order valence-corrected chi connectivity index (χ4v) is 2.03. The Morgan fingerprint density at radius 2 is 1.79 bits per heavy atom. The number of hydrogen-bond acceptors (Lipinski definition) is 4. The van der Waals surface area contributed by atoms with Crippen molar-refractivity contribution >= 4 is 11.5 Å². The lowest BCUT2D eigenvalue weighted by atomic mass is 10.2. The molecule has 4 nitrogen and oxygen atoms in total. The Morgan fingerprint density at radius 3 is 2.47 bits per heavy atom. The van der Waals surface area contributed by atoms with Gasteiger partial charge >= 0.3 is 0 Å². The average molecular weight is 256 g/mol. The molecule has 0 aliphatic rings. The number of nitrogens with zero attached hydrogens (tertiary/aromatic N) is 3. The highest BCUT2D eigenvalue weighted by atomic mass is 15.2. The van der Waals surface area contributed by atoms with Gasteiger partial charge in [-0.15, -0.1) is 0 Å². The SMILES string of the molecule is CCN(Cc1cccc(C)n1)c1nc(C)ccc1N. The summed E-state index contributed by atoms with van der Waals surface area (Å²) in [6, 6.07) is 9.89. The Labute approximate surface area is 114 Å². The van der Waals surface area contributed by atoms with Gasteiger partial charge < -0.3 is 10.6 Å². The van der Waals surface area contributed by atoms with Crippen LogP contribution < -0.4 is 10.6 Å². The van der Waals surface area contributed by atoms with Gasteiger partial charge in [0.25, 0.3) is 0 Å². The lowest BCUT2D eigenvalue weighted by molar-refractivity contribution is 0.790. The number of aromatic nitrogens is 2. The number of hydrogen-bond donors (Lipinski definition) is 1. The molecule has 0 atom stereocenters. The summed E-state index contributed by atoms with van der Waals surface area (Å²) >= 11 is 0. The number of aryl methyl sites for hydroxylation is 2. The van der Waals surface area contributed by atoms with Crippen molar-refractivity contribution in [3.8, 4) is 0 Å². The monoisotopic (exact) mass is 256 g/mol. The Kier molecular flexibility index (Phi) is 4.00. The predicted octanol–water partition coefficient (Wildman–Crippen LogP) is 2.70. The molecule has 4 heteroatoms. The molecule has 0 aromatic carbocycles. The molecule has 2 rings (SSSR count). The van der Waals surface area contributed by atoms with E-state index in [1.807, 2.05) is 44.2 Å². The predicted molar refractivity (Wildman–Crippen MR) is 79.1 cm³/mol. The molecule has 100 valence electrons. The van der Waals surface area contributed by atoms with Crippen LogP contribution in [0.4, 0.5) is 11.5 Å². The van der Waals surface area contributed by atoms with E-state index in [1.165, 1.54) is 0 Å². The third-order valence-electron chi connectivity index (χ3n) is 3.02. The van der Waals surface area contributed by atoms with E-state index in [9.17, 15) is 0 Å². The number of pyridine rings is 2. The molecule has 0 saturated carbocycles. The molecule has 19 heavy (non-hydrogen) atoms. The van der Waals surface area contributed by atoms with E-state index in [-0.39, 0.29) is 0 Å². The van der Waals surface area contributed by atoms with Gasteiger partial charge in [0.05, 0.1) is 17.9 Å². The minimum Gasteiger partial charge on any atom is -0.396 e. The van der Waals surface area contributed by atoms with E-state index in [4.69, 9.17) is 5.73 Å². The molecule has 0 radical (unpaired) electrons. The van der Waals surface area contributed by atoms with Crippen molar-refractivity contribution in [3.05, 3.63) is 47.4 Å². The van der Waals surface area contributed by atoms with Gasteiger partial charge in [-0.2, -0.15) is 0 Å². The fraction of sp³-hybridized carbons (Fsp3) is 0.333. The second-order valence-corrected chi connectivity index (χ2v) is 4.65. The molecule has 2 aromatic heterocycles. The first-order chi connectivity index (χ1) is 9.10. The normalized spacial score (nSPS) is 10.5.